The van der Waals surface area contributed by atoms with Gasteiger partial charge in [0.25, 0.3) is 0 Å². The highest BCUT2D eigenvalue weighted by atomic mass is 16.5. The highest BCUT2D eigenvalue weighted by Crippen LogP contribution is 2.31. The highest BCUT2D eigenvalue weighted by molar-refractivity contribution is 5.93. The summed E-state index contributed by atoms with van der Waals surface area (Å²) in [4.78, 5) is 4.15. The summed E-state index contributed by atoms with van der Waals surface area (Å²) in [5, 5.41) is 8.17. The third-order valence-electron chi connectivity index (χ3n) is 3.18. The van der Waals surface area contributed by atoms with Gasteiger partial charge < -0.3 is 19.3 Å². The van der Waals surface area contributed by atoms with Crippen LogP contribution in [0.2, 0.25) is 0 Å². The van der Waals surface area contributed by atoms with Gasteiger partial charge in [-0.3, -0.25) is 4.98 Å². The maximum Gasteiger partial charge on any atom is 0.187 e. The van der Waals surface area contributed by atoms with Crippen LogP contribution in [0.15, 0.2) is 35.1 Å². The lowest BCUT2D eigenvalue weighted by molar-refractivity contribution is 0.395. The number of pyridine rings is 1. The van der Waals surface area contributed by atoms with E-state index in [1.54, 1.807) is 26.6 Å². The van der Waals surface area contributed by atoms with Crippen molar-refractivity contribution in [3.63, 3.8) is 0 Å². The number of nitrogens with one attached hydrogen (secondary N) is 1. The van der Waals surface area contributed by atoms with Crippen LogP contribution in [0, 0.1) is 6.92 Å². The van der Waals surface area contributed by atoms with Gasteiger partial charge in [-0.05, 0) is 6.92 Å². The number of aromatic nitrogens is 2. The van der Waals surface area contributed by atoms with Gasteiger partial charge in [0.15, 0.2) is 5.58 Å². The molecule has 1 N–H and O–H groups in total. The summed E-state index contributed by atoms with van der Waals surface area (Å²) in [6.45, 7) is 1.89. The molecular formula is C15H15N3O3. The lowest BCUT2D eigenvalue weighted by atomic mass is 10.2. The zero-order valence-corrected chi connectivity index (χ0v) is 12.0. The fraction of sp³-hybridized carbons (Fsp3) is 0.200. The molecule has 0 aliphatic heterocycles. The summed E-state index contributed by atoms with van der Waals surface area (Å²) in [5.41, 5.74) is 3.11. The Morgan fingerprint density at radius 3 is 2.43 bits per heavy atom. The first-order valence-corrected chi connectivity index (χ1v) is 6.41. The van der Waals surface area contributed by atoms with Crippen molar-refractivity contribution in [2.45, 2.75) is 6.92 Å². The van der Waals surface area contributed by atoms with Gasteiger partial charge in [0, 0.05) is 23.9 Å². The van der Waals surface area contributed by atoms with E-state index in [0.29, 0.717) is 17.1 Å². The molecular weight excluding hydrogens is 270 g/mol. The second-order valence-electron chi connectivity index (χ2n) is 4.55. The minimum atomic E-state index is 0.646. The number of nitrogens with zero attached hydrogens (tertiary/aromatic N) is 2. The van der Waals surface area contributed by atoms with Crippen molar-refractivity contribution in [1.82, 2.24) is 10.1 Å². The van der Waals surface area contributed by atoms with Gasteiger partial charge in [0.2, 0.25) is 0 Å². The molecule has 21 heavy (non-hydrogen) atoms. The molecule has 2 heterocycles. The molecule has 2 aromatic heterocycles. The van der Waals surface area contributed by atoms with E-state index in [4.69, 9.17) is 14.0 Å². The van der Waals surface area contributed by atoms with E-state index in [9.17, 15) is 0 Å². The van der Waals surface area contributed by atoms with E-state index in [-0.39, 0.29) is 0 Å². The molecule has 0 aliphatic rings. The topological polar surface area (TPSA) is 69.4 Å². The molecule has 6 nitrogen and oxygen atoms in total. The fourth-order valence-electron chi connectivity index (χ4n) is 2.18. The maximum atomic E-state index is 5.26. The zero-order valence-electron chi connectivity index (χ0n) is 12.0. The SMILES string of the molecule is COc1cc(Nc2cncc3onc(C)c23)cc(OC)c1. The highest BCUT2D eigenvalue weighted by Gasteiger charge is 2.11. The van der Waals surface area contributed by atoms with E-state index in [1.165, 1.54) is 0 Å². The molecule has 3 rings (SSSR count). The van der Waals surface area contributed by atoms with Crippen LogP contribution in [0.5, 0.6) is 11.5 Å². The van der Waals surface area contributed by atoms with E-state index in [1.807, 2.05) is 25.1 Å². The van der Waals surface area contributed by atoms with Crippen molar-refractivity contribution in [3.8, 4) is 11.5 Å². The first-order valence-electron chi connectivity index (χ1n) is 6.41. The van der Waals surface area contributed by atoms with Crippen LogP contribution in [0.4, 0.5) is 11.4 Å². The monoisotopic (exact) mass is 285 g/mol. The van der Waals surface area contributed by atoms with Crippen molar-refractivity contribution in [2.24, 2.45) is 0 Å². The molecule has 0 bridgehead atoms. The second kappa shape index (κ2) is 5.32. The van der Waals surface area contributed by atoms with Crippen LogP contribution in [-0.2, 0) is 0 Å². The van der Waals surface area contributed by atoms with E-state index in [0.717, 1.165) is 22.5 Å². The molecule has 0 saturated heterocycles. The number of ether oxygens (including phenoxy) is 2. The standard InChI is InChI=1S/C15H15N3O3/c1-9-15-13(7-16-8-14(15)21-18-9)17-10-4-11(19-2)6-12(5-10)20-3/h4-8,17H,1-3H3. The molecule has 0 radical (unpaired) electrons. The minimum Gasteiger partial charge on any atom is -0.497 e. The van der Waals surface area contributed by atoms with Crippen molar-refractivity contribution < 1.29 is 14.0 Å². The molecule has 0 spiro atoms. The van der Waals surface area contributed by atoms with Crippen LogP contribution in [0.25, 0.3) is 11.0 Å². The summed E-state index contributed by atoms with van der Waals surface area (Å²) in [6.07, 6.45) is 3.38. The Kier molecular flexibility index (Phi) is 3.35. The number of anilines is 2. The molecule has 0 amide bonds. The molecule has 0 atom stereocenters. The average Bonchev–Trinajstić information content (AvgIpc) is 2.89. The predicted octanol–water partition coefficient (Wildman–Crippen LogP) is 3.29. The minimum absolute atomic E-state index is 0.646. The first kappa shape index (κ1) is 13.2. The van der Waals surface area contributed by atoms with E-state index >= 15 is 0 Å². The molecule has 0 aliphatic carbocycles. The lowest BCUT2D eigenvalue weighted by Gasteiger charge is -2.11. The van der Waals surface area contributed by atoms with Gasteiger partial charge in [-0.1, -0.05) is 5.16 Å². The first-order chi connectivity index (χ1) is 10.2. The Morgan fingerprint density at radius 1 is 1.05 bits per heavy atom. The van der Waals surface area contributed by atoms with Crippen LogP contribution >= 0.6 is 0 Å². The largest absolute Gasteiger partial charge is 0.497 e. The van der Waals surface area contributed by atoms with Gasteiger partial charge in [-0.2, -0.15) is 0 Å². The van der Waals surface area contributed by atoms with Crippen LogP contribution in [0.1, 0.15) is 5.69 Å². The molecule has 1 aromatic carbocycles. The summed E-state index contributed by atoms with van der Waals surface area (Å²) in [7, 11) is 3.23. The lowest BCUT2D eigenvalue weighted by Crippen LogP contribution is -1.95. The van der Waals surface area contributed by atoms with Crippen molar-refractivity contribution in [1.29, 1.82) is 0 Å². The Hall–Kier alpha value is -2.76. The van der Waals surface area contributed by atoms with Gasteiger partial charge in [-0.15, -0.1) is 0 Å². The molecule has 3 aromatic rings. The van der Waals surface area contributed by atoms with Crippen molar-refractivity contribution in [2.75, 3.05) is 19.5 Å². The summed E-state index contributed by atoms with van der Waals surface area (Å²) < 4.78 is 15.7. The Labute approximate surface area is 121 Å². The fourth-order valence-corrected chi connectivity index (χ4v) is 2.18. The van der Waals surface area contributed by atoms with Gasteiger partial charge in [-0.25, -0.2) is 0 Å². The van der Waals surface area contributed by atoms with Gasteiger partial charge >= 0.3 is 0 Å². The number of benzene rings is 1. The molecule has 0 unspecified atom stereocenters. The molecule has 6 heteroatoms. The summed E-state index contributed by atoms with van der Waals surface area (Å²) in [5.74, 6) is 1.41. The van der Waals surface area contributed by atoms with Crippen LogP contribution in [0.3, 0.4) is 0 Å². The number of hydrogen-bond acceptors (Lipinski definition) is 6. The number of aryl methyl sites for hydroxylation is 1. The number of hydrogen-bond donors (Lipinski definition) is 1. The second-order valence-corrected chi connectivity index (χ2v) is 4.55. The van der Waals surface area contributed by atoms with Gasteiger partial charge in [0.05, 0.1) is 43.4 Å². The van der Waals surface area contributed by atoms with Crippen LogP contribution in [-0.4, -0.2) is 24.4 Å². The normalized spacial score (nSPS) is 10.6. The predicted molar refractivity (Wildman–Crippen MR) is 79.4 cm³/mol. The van der Waals surface area contributed by atoms with Crippen molar-refractivity contribution >= 4 is 22.3 Å². The van der Waals surface area contributed by atoms with Crippen molar-refractivity contribution in [3.05, 3.63) is 36.3 Å². The van der Waals surface area contributed by atoms with E-state index in [2.05, 4.69) is 15.5 Å². The molecule has 108 valence electrons. The molecule has 0 saturated carbocycles. The Bertz CT molecular complexity index is 761. The van der Waals surface area contributed by atoms with Gasteiger partial charge in [0.1, 0.15) is 11.5 Å². The summed E-state index contributed by atoms with van der Waals surface area (Å²) >= 11 is 0. The number of fused-ring (bicyclic) bond motifs is 1. The van der Waals surface area contributed by atoms with Crippen LogP contribution < -0.4 is 14.8 Å². The maximum absolute atomic E-state index is 5.26. The number of methoxy groups -OCH3 is 2. The Morgan fingerprint density at radius 2 is 1.76 bits per heavy atom. The van der Waals surface area contributed by atoms with E-state index < -0.39 is 0 Å². The summed E-state index contributed by atoms with van der Waals surface area (Å²) in [6, 6.07) is 5.57. The zero-order chi connectivity index (χ0) is 14.8. The smallest absolute Gasteiger partial charge is 0.187 e. The quantitative estimate of drug-likeness (QED) is 0.793. The Balaban J connectivity index is 2.04. The number of rotatable bonds is 4. The third-order valence-corrected chi connectivity index (χ3v) is 3.18. The molecule has 0 fully saturated rings. The third kappa shape index (κ3) is 2.47. The average molecular weight is 285 g/mol.